The molecule has 2 aromatic rings. The summed E-state index contributed by atoms with van der Waals surface area (Å²) >= 11 is 12.0. The standard InChI is InChI=1S/C19H19Cl2NO3/c1-12(24-16-9-8-13(20)10-14(16)21)18(23)22-11-19(2,3)25-17-7-5-4-6-15(17)22/h4-10,12H,11H2,1-3H3. The number of carbonyl (C=O) groups excluding carboxylic acids is 1. The SMILES string of the molecule is CC(Oc1ccc(Cl)cc1Cl)C(=O)N1CC(C)(C)Oc2ccccc21. The van der Waals surface area contributed by atoms with E-state index in [1.807, 2.05) is 38.1 Å². The van der Waals surface area contributed by atoms with Crippen molar-refractivity contribution >= 4 is 34.8 Å². The Bertz CT molecular complexity index is 807. The molecule has 1 unspecified atom stereocenters. The number of nitrogens with zero attached hydrogens (tertiary/aromatic N) is 1. The molecule has 1 atom stereocenters. The molecule has 3 rings (SSSR count). The van der Waals surface area contributed by atoms with Gasteiger partial charge in [0, 0.05) is 5.02 Å². The minimum Gasteiger partial charge on any atom is -0.484 e. The number of hydrogen-bond donors (Lipinski definition) is 0. The molecule has 0 N–H and O–H groups in total. The lowest BCUT2D eigenvalue weighted by atomic mass is 10.0. The van der Waals surface area contributed by atoms with Crippen LogP contribution in [0, 0.1) is 0 Å². The van der Waals surface area contributed by atoms with E-state index in [1.165, 1.54) is 0 Å². The first-order valence-electron chi connectivity index (χ1n) is 7.98. The normalized spacial score (nSPS) is 16.6. The Morgan fingerprint density at radius 1 is 1.24 bits per heavy atom. The van der Waals surface area contributed by atoms with Crippen molar-refractivity contribution in [3.63, 3.8) is 0 Å². The highest BCUT2D eigenvalue weighted by Crippen LogP contribution is 2.37. The lowest BCUT2D eigenvalue weighted by Crippen LogP contribution is -2.52. The third-order valence-corrected chi connectivity index (χ3v) is 4.42. The van der Waals surface area contributed by atoms with Crippen LogP contribution in [-0.4, -0.2) is 24.2 Å². The molecule has 0 spiro atoms. The van der Waals surface area contributed by atoms with Crippen molar-refractivity contribution in [1.29, 1.82) is 0 Å². The van der Waals surface area contributed by atoms with E-state index in [0.29, 0.717) is 28.1 Å². The molecular formula is C19H19Cl2NO3. The van der Waals surface area contributed by atoms with Crippen LogP contribution < -0.4 is 14.4 Å². The van der Waals surface area contributed by atoms with Gasteiger partial charge in [0.25, 0.3) is 5.91 Å². The van der Waals surface area contributed by atoms with E-state index in [-0.39, 0.29) is 5.91 Å². The second kappa shape index (κ2) is 6.77. The van der Waals surface area contributed by atoms with Crippen molar-refractivity contribution in [2.45, 2.75) is 32.5 Å². The van der Waals surface area contributed by atoms with Crippen molar-refractivity contribution in [3.05, 3.63) is 52.5 Å². The zero-order chi connectivity index (χ0) is 18.2. The maximum Gasteiger partial charge on any atom is 0.268 e. The summed E-state index contributed by atoms with van der Waals surface area (Å²) in [4.78, 5) is 14.7. The fourth-order valence-electron chi connectivity index (χ4n) is 2.79. The zero-order valence-corrected chi connectivity index (χ0v) is 15.8. The number of carbonyl (C=O) groups is 1. The molecule has 0 aromatic heterocycles. The van der Waals surface area contributed by atoms with Crippen LogP contribution in [0.15, 0.2) is 42.5 Å². The number of benzene rings is 2. The van der Waals surface area contributed by atoms with Gasteiger partial charge < -0.3 is 14.4 Å². The lowest BCUT2D eigenvalue weighted by molar-refractivity contribution is -0.125. The first kappa shape index (κ1) is 17.9. The molecule has 0 radical (unpaired) electrons. The van der Waals surface area contributed by atoms with Crippen molar-refractivity contribution in [2.24, 2.45) is 0 Å². The summed E-state index contributed by atoms with van der Waals surface area (Å²) in [6, 6.07) is 12.4. The van der Waals surface area contributed by atoms with Crippen molar-refractivity contribution in [2.75, 3.05) is 11.4 Å². The van der Waals surface area contributed by atoms with E-state index in [9.17, 15) is 4.79 Å². The summed E-state index contributed by atoms with van der Waals surface area (Å²) < 4.78 is 11.7. The van der Waals surface area contributed by atoms with E-state index in [1.54, 1.807) is 30.0 Å². The minimum atomic E-state index is -0.708. The molecule has 1 amide bonds. The fourth-order valence-corrected chi connectivity index (χ4v) is 3.24. The number of rotatable bonds is 3. The molecule has 1 heterocycles. The number of ether oxygens (including phenoxy) is 2. The van der Waals surface area contributed by atoms with Crippen LogP contribution >= 0.6 is 23.2 Å². The van der Waals surface area contributed by atoms with Gasteiger partial charge in [0.05, 0.1) is 17.3 Å². The van der Waals surface area contributed by atoms with Gasteiger partial charge in [0.15, 0.2) is 6.10 Å². The predicted molar refractivity (Wildman–Crippen MR) is 100 cm³/mol. The van der Waals surface area contributed by atoms with Crippen LogP contribution in [0.2, 0.25) is 10.0 Å². The van der Waals surface area contributed by atoms with Gasteiger partial charge in [-0.3, -0.25) is 4.79 Å². The second-order valence-electron chi connectivity index (χ2n) is 6.59. The second-order valence-corrected chi connectivity index (χ2v) is 7.43. The number of amides is 1. The molecular weight excluding hydrogens is 361 g/mol. The van der Waals surface area contributed by atoms with E-state index < -0.39 is 11.7 Å². The minimum absolute atomic E-state index is 0.158. The number of hydrogen-bond acceptors (Lipinski definition) is 3. The lowest BCUT2D eigenvalue weighted by Gasteiger charge is -2.40. The number of para-hydroxylation sites is 2. The van der Waals surface area contributed by atoms with Crippen LogP contribution in [0.5, 0.6) is 11.5 Å². The van der Waals surface area contributed by atoms with Gasteiger partial charge in [-0.2, -0.15) is 0 Å². The van der Waals surface area contributed by atoms with Gasteiger partial charge in [0.1, 0.15) is 17.1 Å². The molecule has 0 aliphatic carbocycles. The Morgan fingerprint density at radius 2 is 1.96 bits per heavy atom. The van der Waals surface area contributed by atoms with Crippen LogP contribution in [0.3, 0.4) is 0 Å². The summed E-state index contributed by atoms with van der Waals surface area (Å²) in [5, 5.41) is 0.884. The van der Waals surface area contributed by atoms with Crippen molar-refractivity contribution < 1.29 is 14.3 Å². The quantitative estimate of drug-likeness (QED) is 0.755. The van der Waals surface area contributed by atoms with Gasteiger partial charge >= 0.3 is 0 Å². The highest BCUT2D eigenvalue weighted by Gasteiger charge is 2.36. The average molecular weight is 380 g/mol. The molecule has 0 saturated carbocycles. The smallest absolute Gasteiger partial charge is 0.268 e. The maximum atomic E-state index is 13.0. The molecule has 2 aromatic carbocycles. The molecule has 132 valence electrons. The fraction of sp³-hybridized carbons (Fsp3) is 0.316. The monoisotopic (exact) mass is 379 g/mol. The highest BCUT2D eigenvalue weighted by molar-refractivity contribution is 6.35. The van der Waals surface area contributed by atoms with E-state index in [2.05, 4.69) is 0 Å². The molecule has 0 saturated heterocycles. The summed E-state index contributed by atoms with van der Waals surface area (Å²) in [5.41, 5.74) is 0.256. The largest absolute Gasteiger partial charge is 0.484 e. The third kappa shape index (κ3) is 3.86. The van der Waals surface area contributed by atoms with Gasteiger partial charge in [-0.25, -0.2) is 0 Å². The van der Waals surface area contributed by atoms with Crippen LogP contribution in [0.4, 0.5) is 5.69 Å². The predicted octanol–water partition coefficient (Wildman–Crippen LogP) is 4.96. The summed E-state index contributed by atoms with van der Waals surface area (Å²) in [5.74, 6) is 0.950. The molecule has 1 aliphatic heterocycles. The number of anilines is 1. The molecule has 0 fully saturated rings. The number of fused-ring (bicyclic) bond motifs is 1. The summed E-state index contributed by atoms with van der Waals surface area (Å²) in [7, 11) is 0. The van der Waals surface area contributed by atoms with Gasteiger partial charge in [-0.1, -0.05) is 35.3 Å². The average Bonchev–Trinajstić information content (AvgIpc) is 2.55. The third-order valence-electron chi connectivity index (χ3n) is 3.89. The van der Waals surface area contributed by atoms with E-state index in [0.717, 1.165) is 5.69 Å². The summed E-state index contributed by atoms with van der Waals surface area (Å²) in [6.07, 6.45) is -0.708. The Hall–Kier alpha value is -1.91. The Morgan fingerprint density at radius 3 is 2.68 bits per heavy atom. The van der Waals surface area contributed by atoms with Gasteiger partial charge in [0.2, 0.25) is 0 Å². The van der Waals surface area contributed by atoms with Gasteiger partial charge in [-0.15, -0.1) is 0 Å². The summed E-state index contributed by atoms with van der Waals surface area (Å²) in [6.45, 7) is 6.04. The van der Waals surface area contributed by atoms with E-state index in [4.69, 9.17) is 32.7 Å². The first-order valence-corrected chi connectivity index (χ1v) is 8.73. The maximum absolute atomic E-state index is 13.0. The van der Waals surface area contributed by atoms with Crippen molar-refractivity contribution in [3.8, 4) is 11.5 Å². The van der Waals surface area contributed by atoms with Crippen LogP contribution in [0.25, 0.3) is 0 Å². The molecule has 25 heavy (non-hydrogen) atoms. The Balaban J connectivity index is 1.84. The first-order chi connectivity index (χ1) is 11.8. The number of halogens is 2. The Labute approximate surface area is 157 Å². The zero-order valence-electron chi connectivity index (χ0n) is 14.3. The van der Waals surface area contributed by atoms with E-state index >= 15 is 0 Å². The topological polar surface area (TPSA) is 38.8 Å². The molecule has 6 heteroatoms. The highest BCUT2D eigenvalue weighted by atomic mass is 35.5. The molecule has 0 bridgehead atoms. The van der Waals surface area contributed by atoms with Crippen molar-refractivity contribution in [1.82, 2.24) is 0 Å². The van der Waals surface area contributed by atoms with Gasteiger partial charge in [-0.05, 0) is 51.1 Å². The van der Waals surface area contributed by atoms with Crippen LogP contribution in [-0.2, 0) is 4.79 Å². The van der Waals surface area contributed by atoms with Crippen LogP contribution in [0.1, 0.15) is 20.8 Å². The molecule has 1 aliphatic rings. The molecule has 4 nitrogen and oxygen atoms in total. The Kier molecular flexibility index (Phi) is 4.85.